The predicted octanol–water partition coefficient (Wildman–Crippen LogP) is 3.81. The third-order valence-corrected chi connectivity index (χ3v) is 5.37. The van der Waals surface area contributed by atoms with Crippen LogP contribution in [0.25, 0.3) is 0 Å². The van der Waals surface area contributed by atoms with Crippen molar-refractivity contribution in [2.45, 2.75) is 45.1 Å². The summed E-state index contributed by atoms with van der Waals surface area (Å²) in [6.07, 6.45) is 7.38. The minimum atomic E-state index is -0.0152. The van der Waals surface area contributed by atoms with Crippen LogP contribution in [-0.4, -0.2) is 27.3 Å². The molecule has 1 amide bonds. The first-order chi connectivity index (χ1) is 10.5. The van der Waals surface area contributed by atoms with E-state index in [0.717, 1.165) is 29.3 Å². The number of rotatable bonds is 2. The lowest BCUT2D eigenvalue weighted by Crippen LogP contribution is -2.30. The molecule has 2 aromatic heterocycles. The van der Waals surface area contributed by atoms with E-state index in [9.17, 15) is 4.79 Å². The number of nitrogens with zero attached hydrogens (tertiary/aromatic N) is 3. The van der Waals surface area contributed by atoms with E-state index in [1.807, 2.05) is 17.0 Å². The quantitative estimate of drug-likeness (QED) is 0.846. The summed E-state index contributed by atoms with van der Waals surface area (Å²) < 4.78 is 0. The van der Waals surface area contributed by atoms with E-state index in [1.165, 1.54) is 16.9 Å². The molecule has 0 aliphatic carbocycles. The van der Waals surface area contributed by atoms with Gasteiger partial charge in [-0.25, -0.2) is 4.98 Å². The summed E-state index contributed by atoms with van der Waals surface area (Å²) in [7, 11) is 0. The molecule has 0 N–H and O–H groups in total. The Morgan fingerprint density at radius 1 is 1.32 bits per heavy atom. The van der Waals surface area contributed by atoms with Gasteiger partial charge in [0.1, 0.15) is 4.88 Å². The number of amides is 1. The van der Waals surface area contributed by atoms with Crippen molar-refractivity contribution in [1.29, 1.82) is 0 Å². The van der Waals surface area contributed by atoms with Crippen LogP contribution >= 0.6 is 11.3 Å². The molecule has 1 saturated heterocycles. The summed E-state index contributed by atoms with van der Waals surface area (Å²) in [4.78, 5) is 24.1. The molecule has 0 radical (unpaired) electrons. The van der Waals surface area contributed by atoms with Crippen LogP contribution in [0.1, 0.15) is 59.9 Å². The number of carbonyl (C=O) groups excluding carboxylic acids is 1. The van der Waals surface area contributed by atoms with Crippen molar-refractivity contribution in [1.82, 2.24) is 14.9 Å². The van der Waals surface area contributed by atoms with E-state index in [2.05, 4.69) is 30.7 Å². The first kappa shape index (κ1) is 15.2. The number of aromatic nitrogens is 2. The molecule has 0 aromatic carbocycles. The Hall–Kier alpha value is -1.75. The minimum absolute atomic E-state index is 0.0152. The molecule has 1 aliphatic rings. The molecule has 3 rings (SSSR count). The number of carbonyl (C=O) groups is 1. The lowest BCUT2D eigenvalue weighted by Gasteiger charge is -2.24. The van der Waals surface area contributed by atoms with Gasteiger partial charge in [-0.05, 0) is 30.5 Å². The molecule has 1 atom stereocenters. The second-order valence-corrected chi connectivity index (χ2v) is 7.75. The Labute approximate surface area is 135 Å². The fourth-order valence-corrected chi connectivity index (χ4v) is 3.73. The van der Waals surface area contributed by atoms with E-state index < -0.39 is 0 Å². The van der Waals surface area contributed by atoms with Crippen LogP contribution in [-0.2, 0) is 5.41 Å². The molecule has 0 spiro atoms. The molecular formula is C17H21N3OS. The summed E-state index contributed by atoms with van der Waals surface area (Å²) in [5.41, 5.74) is 1.15. The standard InChI is InChI=1S/C17H21N3OS/c1-17(2,3)16-19-11-14(22-16)15(21)20-10-4-5-13(20)12-6-8-18-9-7-12/h6-9,11,13H,4-5,10H2,1-3H3/t13-/m0/s1. The van der Waals surface area contributed by atoms with Crippen LogP contribution in [0, 0.1) is 0 Å². The minimum Gasteiger partial charge on any atom is -0.331 e. The van der Waals surface area contributed by atoms with Gasteiger partial charge in [0.15, 0.2) is 0 Å². The summed E-state index contributed by atoms with van der Waals surface area (Å²) in [6.45, 7) is 7.18. The van der Waals surface area contributed by atoms with Gasteiger partial charge in [0, 0.05) is 24.4 Å². The van der Waals surface area contributed by atoms with Gasteiger partial charge in [-0.3, -0.25) is 9.78 Å². The zero-order valence-electron chi connectivity index (χ0n) is 13.2. The summed E-state index contributed by atoms with van der Waals surface area (Å²) in [5, 5.41) is 1.01. The van der Waals surface area contributed by atoms with Crippen LogP contribution in [0.2, 0.25) is 0 Å². The molecule has 0 unspecified atom stereocenters. The molecule has 3 heterocycles. The number of thiazole rings is 1. The Morgan fingerprint density at radius 3 is 2.68 bits per heavy atom. The van der Waals surface area contributed by atoms with E-state index in [-0.39, 0.29) is 17.4 Å². The highest BCUT2D eigenvalue weighted by molar-refractivity contribution is 7.13. The summed E-state index contributed by atoms with van der Waals surface area (Å²) in [5.74, 6) is 0.104. The van der Waals surface area contributed by atoms with Crippen LogP contribution < -0.4 is 0 Å². The molecule has 1 fully saturated rings. The number of likely N-dealkylation sites (tertiary alicyclic amines) is 1. The zero-order valence-corrected chi connectivity index (χ0v) is 14.1. The largest absolute Gasteiger partial charge is 0.331 e. The maximum atomic E-state index is 12.9. The fourth-order valence-electron chi connectivity index (χ4n) is 2.80. The normalized spacial score (nSPS) is 18.7. The van der Waals surface area contributed by atoms with Crippen molar-refractivity contribution in [2.24, 2.45) is 0 Å². The van der Waals surface area contributed by atoms with E-state index in [1.54, 1.807) is 18.6 Å². The van der Waals surface area contributed by atoms with E-state index in [4.69, 9.17) is 0 Å². The van der Waals surface area contributed by atoms with Gasteiger partial charge in [0.25, 0.3) is 5.91 Å². The molecular weight excluding hydrogens is 294 g/mol. The van der Waals surface area contributed by atoms with Gasteiger partial charge < -0.3 is 4.90 Å². The predicted molar refractivity (Wildman–Crippen MR) is 88.1 cm³/mol. The monoisotopic (exact) mass is 315 g/mol. The van der Waals surface area contributed by atoms with Gasteiger partial charge in [0.2, 0.25) is 0 Å². The molecule has 2 aromatic rings. The van der Waals surface area contributed by atoms with Gasteiger partial charge in [-0.1, -0.05) is 20.8 Å². The average molecular weight is 315 g/mol. The molecule has 0 bridgehead atoms. The highest BCUT2D eigenvalue weighted by Gasteiger charge is 2.32. The van der Waals surface area contributed by atoms with E-state index >= 15 is 0 Å². The van der Waals surface area contributed by atoms with Crippen molar-refractivity contribution >= 4 is 17.2 Å². The van der Waals surface area contributed by atoms with Crippen molar-refractivity contribution < 1.29 is 4.79 Å². The summed E-state index contributed by atoms with van der Waals surface area (Å²) in [6, 6.07) is 4.17. The van der Waals surface area contributed by atoms with Crippen molar-refractivity contribution in [3.8, 4) is 0 Å². The van der Waals surface area contributed by atoms with E-state index in [0.29, 0.717) is 0 Å². The lowest BCUT2D eigenvalue weighted by molar-refractivity contribution is 0.0740. The molecule has 4 nitrogen and oxygen atoms in total. The third-order valence-electron chi connectivity index (χ3n) is 3.96. The van der Waals surface area contributed by atoms with Crippen molar-refractivity contribution in [2.75, 3.05) is 6.54 Å². The molecule has 22 heavy (non-hydrogen) atoms. The van der Waals surface area contributed by atoms with Crippen LogP contribution in [0.4, 0.5) is 0 Å². The molecule has 1 aliphatic heterocycles. The lowest BCUT2D eigenvalue weighted by atomic mass is 9.98. The Morgan fingerprint density at radius 2 is 2.05 bits per heavy atom. The maximum absolute atomic E-state index is 12.9. The second-order valence-electron chi connectivity index (χ2n) is 6.72. The van der Waals surface area contributed by atoms with Gasteiger partial charge in [-0.2, -0.15) is 0 Å². The molecule has 116 valence electrons. The molecule has 0 saturated carbocycles. The Bertz CT molecular complexity index is 660. The van der Waals surface area contributed by atoms with Crippen LogP contribution in [0.3, 0.4) is 0 Å². The average Bonchev–Trinajstić information content (AvgIpc) is 3.16. The zero-order chi connectivity index (χ0) is 15.7. The Kier molecular flexibility index (Phi) is 4.00. The van der Waals surface area contributed by atoms with Gasteiger partial charge in [0.05, 0.1) is 17.2 Å². The first-order valence-electron chi connectivity index (χ1n) is 7.64. The SMILES string of the molecule is CC(C)(C)c1ncc(C(=O)N2CCC[C@H]2c2ccncc2)s1. The highest BCUT2D eigenvalue weighted by Crippen LogP contribution is 2.34. The maximum Gasteiger partial charge on any atom is 0.266 e. The molecule has 5 heteroatoms. The number of hydrogen-bond acceptors (Lipinski definition) is 4. The Balaban J connectivity index is 1.84. The van der Waals surface area contributed by atoms with Gasteiger partial charge in [-0.15, -0.1) is 11.3 Å². The van der Waals surface area contributed by atoms with Crippen LogP contribution in [0.15, 0.2) is 30.7 Å². The topological polar surface area (TPSA) is 46.1 Å². The third kappa shape index (κ3) is 2.90. The van der Waals surface area contributed by atoms with Crippen LogP contribution in [0.5, 0.6) is 0 Å². The van der Waals surface area contributed by atoms with Crippen molar-refractivity contribution in [3.63, 3.8) is 0 Å². The summed E-state index contributed by atoms with van der Waals surface area (Å²) >= 11 is 1.52. The van der Waals surface area contributed by atoms with Crippen molar-refractivity contribution in [3.05, 3.63) is 46.2 Å². The number of pyridine rings is 1. The highest BCUT2D eigenvalue weighted by atomic mass is 32.1. The first-order valence-corrected chi connectivity index (χ1v) is 8.45. The second kappa shape index (κ2) is 5.80. The smallest absolute Gasteiger partial charge is 0.266 e. The fraction of sp³-hybridized carbons (Fsp3) is 0.471. The van der Waals surface area contributed by atoms with Gasteiger partial charge >= 0.3 is 0 Å². The number of hydrogen-bond donors (Lipinski definition) is 0.